The van der Waals surface area contributed by atoms with E-state index in [9.17, 15) is 9.59 Å². The van der Waals surface area contributed by atoms with Crippen molar-refractivity contribution in [3.8, 4) is 0 Å². The number of carbonyl (C=O) groups is 2. The lowest BCUT2D eigenvalue weighted by molar-refractivity contribution is -0.132. The van der Waals surface area contributed by atoms with E-state index in [0.717, 1.165) is 31.5 Å². The van der Waals surface area contributed by atoms with E-state index in [2.05, 4.69) is 24.1 Å². The Hall–Kier alpha value is -2.63. The largest absolute Gasteiger partial charge is 0.435 e. The lowest BCUT2D eigenvalue weighted by Gasteiger charge is -2.24. The molecule has 0 spiro atoms. The molecule has 1 saturated heterocycles. The van der Waals surface area contributed by atoms with E-state index in [1.807, 2.05) is 35.2 Å². The number of nitrogens with zero attached hydrogens (tertiary/aromatic N) is 2. The quantitative estimate of drug-likeness (QED) is 0.797. The van der Waals surface area contributed by atoms with Crippen molar-refractivity contribution < 1.29 is 14.0 Å². The number of benzene rings is 1. The van der Waals surface area contributed by atoms with Gasteiger partial charge in [-0.2, -0.15) is 0 Å². The monoisotopic (exact) mass is 383 g/mol. The number of amides is 2. The molecule has 1 N–H and O–H groups in total. The zero-order valence-corrected chi connectivity index (χ0v) is 16.9. The van der Waals surface area contributed by atoms with Gasteiger partial charge in [-0.05, 0) is 31.2 Å². The number of aromatic nitrogens is 1. The van der Waals surface area contributed by atoms with Gasteiger partial charge in [-0.3, -0.25) is 9.59 Å². The van der Waals surface area contributed by atoms with Gasteiger partial charge in [-0.1, -0.05) is 44.2 Å². The molecular weight excluding hydrogens is 354 g/mol. The molecule has 1 aliphatic rings. The summed E-state index contributed by atoms with van der Waals surface area (Å²) in [6.07, 6.45) is 3.15. The van der Waals surface area contributed by atoms with Crippen LogP contribution >= 0.6 is 0 Å². The predicted octanol–water partition coefficient (Wildman–Crippen LogP) is 3.15. The Balaban J connectivity index is 1.77. The molecule has 0 aliphatic carbocycles. The molecule has 2 heterocycles. The standard InChI is InChI=1S/C22H29N3O3/c1-15(2)13-19-23-16(3)20(28-19)21(26)24-18(14-17-9-5-4-6-10-17)22(27)25-11-7-8-12-25/h4-6,9-10,15,18H,7-8,11-14H2,1-3H3,(H,24,26). The van der Waals surface area contributed by atoms with Gasteiger partial charge in [0.2, 0.25) is 11.7 Å². The fourth-order valence-corrected chi connectivity index (χ4v) is 3.53. The van der Waals surface area contributed by atoms with Crippen LogP contribution in [0.15, 0.2) is 34.7 Å². The molecule has 0 saturated carbocycles. The van der Waals surface area contributed by atoms with Crippen molar-refractivity contribution >= 4 is 11.8 Å². The summed E-state index contributed by atoms with van der Waals surface area (Å²) in [5.74, 6) is 0.727. The Bertz CT molecular complexity index is 808. The minimum absolute atomic E-state index is 0.0331. The first-order chi connectivity index (χ1) is 13.4. The number of hydrogen-bond acceptors (Lipinski definition) is 4. The second kappa shape index (κ2) is 9.04. The van der Waals surface area contributed by atoms with Crippen LogP contribution in [-0.2, 0) is 17.6 Å². The Morgan fingerprint density at radius 2 is 1.82 bits per heavy atom. The van der Waals surface area contributed by atoms with Gasteiger partial charge < -0.3 is 14.6 Å². The average molecular weight is 383 g/mol. The molecule has 6 heteroatoms. The highest BCUT2D eigenvalue weighted by atomic mass is 16.4. The summed E-state index contributed by atoms with van der Waals surface area (Å²) in [6, 6.07) is 9.13. The maximum atomic E-state index is 13.0. The van der Waals surface area contributed by atoms with Gasteiger partial charge in [0.25, 0.3) is 5.91 Å². The van der Waals surface area contributed by atoms with Crippen molar-refractivity contribution in [2.75, 3.05) is 13.1 Å². The number of aryl methyl sites for hydroxylation is 1. The summed E-state index contributed by atoms with van der Waals surface area (Å²) in [6.45, 7) is 7.41. The fourth-order valence-electron chi connectivity index (χ4n) is 3.53. The zero-order valence-electron chi connectivity index (χ0n) is 16.9. The summed E-state index contributed by atoms with van der Waals surface area (Å²) in [4.78, 5) is 32.1. The normalized spacial score (nSPS) is 15.1. The molecule has 1 unspecified atom stereocenters. The van der Waals surface area contributed by atoms with Crippen LogP contribution < -0.4 is 5.32 Å². The molecule has 6 nitrogen and oxygen atoms in total. The van der Waals surface area contributed by atoms with Crippen LogP contribution in [0, 0.1) is 12.8 Å². The van der Waals surface area contributed by atoms with Gasteiger partial charge in [-0.25, -0.2) is 4.98 Å². The van der Waals surface area contributed by atoms with E-state index in [1.54, 1.807) is 6.92 Å². The predicted molar refractivity (Wildman–Crippen MR) is 107 cm³/mol. The molecule has 1 atom stereocenters. The van der Waals surface area contributed by atoms with Crippen molar-refractivity contribution in [2.24, 2.45) is 5.92 Å². The topological polar surface area (TPSA) is 75.4 Å². The van der Waals surface area contributed by atoms with E-state index in [1.165, 1.54) is 0 Å². The highest BCUT2D eigenvalue weighted by Crippen LogP contribution is 2.16. The molecule has 0 radical (unpaired) electrons. The molecule has 1 aliphatic heterocycles. The van der Waals surface area contributed by atoms with Crippen LogP contribution in [0.1, 0.15) is 54.4 Å². The smallest absolute Gasteiger partial charge is 0.289 e. The minimum atomic E-state index is -0.619. The Morgan fingerprint density at radius 1 is 1.14 bits per heavy atom. The van der Waals surface area contributed by atoms with Crippen molar-refractivity contribution in [3.05, 3.63) is 53.2 Å². The number of carbonyl (C=O) groups excluding carboxylic acids is 2. The van der Waals surface area contributed by atoms with Crippen LogP contribution in [-0.4, -0.2) is 40.8 Å². The van der Waals surface area contributed by atoms with E-state index < -0.39 is 6.04 Å². The molecule has 3 rings (SSSR count). The maximum absolute atomic E-state index is 13.0. The average Bonchev–Trinajstić information content (AvgIpc) is 3.31. The third-order valence-corrected chi connectivity index (χ3v) is 4.93. The van der Waals surface area contributed by atoms with Crippen LogP contribution in [0.3, 0.4) is 0 Å². The van der Waals surface area contributed by atoms with E-state index in [-0.39, 0.29) is 17.6 Å². The Labute approximate surface area is 166 Å². The number of rotatable bonds is 7. The molecule has 1 aromatic carbocycles. The lowest BCUT2D eigenvalue weighted by atomic mass is 10.0. The molecule has 1 aromatic heterocycles. The number of nitrogens with one attached hydrogen (secondary N) is 1. The van der Waals surface area contributed by atoms with Gasteiger partial charge in [0.05, 0.1) is 5.69 Å². The van der Waals surface area contributed by atoms with Crippen LogP contribution in [0.25, 0.3) is 0 Å². The number of oxazole rings is 1. The maximum Gasteiger partial charge on any atom is 0.289 e. The molecule has 2 amide bonds. The first kappa shape index (κ1) is 20.1. The fraction of sp³-hybridized carbons (Fsp3) is 0.500. The summed E-state index contributed by atoms with van der Waals surface area (Å²) in [7, 11) is 0. The molecule has 1 fully saturated rings. The summed E-state index contributed by atoms with van der Waals surface area (Å²) in [5.41, 5.74) is 1.57. The highest BCUT2D eigenvalue weighted by Gasteiger charge is 2.30. The molecule has 150 valence electrons. The first-order valence-corrected chi connectivity index (χ1v) is 10.0. The van der Waals surface area contributed by atoms with E-state index >= 15 is 0 Å². The second-order valence-electron chi connectivity index (χ2n) is 7.87. The van der Waals surface area contributed by atoms with Crippen molar-refractivity contribution in [1.82, 2.24) is 15.2 Å². The summed E-state index contributed by atoms with van der Waals surface area (Å²) < 4.78 is 5.70. The molecular formula is C22H29N3O3. The van der Waals surface area contributed by atoms with Gasteiger partial charge in [0.15, 0.2) is 5.89 Å². The SMILES string of the molecule is Cc1nc(CC(C)C)oc1C(=O)NC(Cc1ccccc1)C(=O)N1CCCC1. The molecule has 28 heavy (non-hydrogen) atoms. The zero-order chi connectivity index (χ0) is 20.1. The third kappa shape index (κ3) is 5.00. The summed E-state index contributed by atoms with van der Waals surface area (Å²) in [5, 5.41) is 2.90. The number of likely N-dealkylation sites (tertiary alicyclic amines) is 1. The van der Waals surface area contributed by atoms with Crippen molar-refractivity contribution in [1.29, 1.82) is 0 Å². The van der Waals surface area contributed by atoms with Crippen LogP contribution in [0.4, 0.5) is 0 Å². The van der Waals surface area contributed by atoms with Gasteiger partial charge in [-0.15, -0.1) is 0 Å². The lowest BCUT2D eigenvalue weighted by Crippen LogP contribution is -2.49. The first-order valence-electron chi connectivity index (χ1n) is 10.0. The van der Waals surface area contributed by atoms with Crippen LogP contribution in [0.5, 0.6) is 0 Å². The summed E-state index contributed by atoms with van der Waals surface area (Å²) >= 11 is 0. The van der Waals surface area contributed by atoms with Crippen molar-refractivity contribution in [2.45, 2.75) is 52.5 Å². The van der Waals surface area contributed by atoms with Gasteiger partial charge >= 0.3 is 0 Å². The second-order valence-corrected chi connectivity index (χ2v) is 7.87. The van der Waals surface area contributed by atoms with E-state index in [0.29, 0.717) is 30.3 Å². The van der Waals surface area contributed by atoms with Gasteiger partial charge in [0.1, 0.15) is 6.04 Å². The minimum Gasteiger partial charge on any atom is -0.435 e. The Kier molecular flexibility index (Phi) is 6.49. The van der Waals surface area contributed by atoms with Crippen molar-refractivity contribution in [3.63, 3.8) is 0 Å². The van der Waals surface area contributed by atoms with E-state index in [4.69, 9.17) is 4.42 Å². The number of hydrogen-bond donors (Lipinski definition) is 1. The highest BCUT2D eigenvalue weighted by molar-refractivity contribution is 5.96. The Morgan fingerprint density at radius 3 is 2.46 bits per heavy atom. The molecule has 2 aromatic rings. The van der Waals surface area contributed by atoms with Crippen LogP contribution in [0.2, 0.25) is 0 Å². The van der Waals surface area contributed by atoms with Gasteiger partial charge in [0, 0.05) is 25.9 Å². The third-order valence-electron chi connectivity index (χ3n) is 4.93. The molecule has 0 bridgehead atoms.